The Balaban J connectivity index is 1.49. The second-order valence-corrected chi connectivity index (χ2v) is 9.51. The summed E-state index contributed by atoms with van der Waals surface area (Å²) < 4.78 is 0. The highest BCUT2D eigenvalue weighted by Gasteiger charge is 2.34. The largest absolute Gasteiger partial charge is 0.353 e. The normalized spacial score (nSPS) is 24.1. The number of carbonyl (C=O) groups is 1. The molecular formula is C24H35ClN4O. The van der Waals surface area contributed by atoms with Gasteiger partial charge in [0.05, 0.1) is 6.04 Å². The van der Waals surface area contributed by atoms with Crippen LogP contribution in [0.5, 0.6) is 0 Å². The van der Waals surface area contributed by atoms with Crippen molar-refractivity contribution in [2.45, 2.75) is 95.2 Å². The van der Waals surface area contributed by atoms with E-state index in [4.69, 9.17) is 16.6 Å². The number of hydrogen-bond acceptors (Lipinski definition) is 2. The lowest BCUT2D eigenvalue weighted by Crippen LogP contribution is -2.52. The number of carbonyl (C=O) groups excluding carboxylic acids is 1. The van der Waals surface area contributed by atoms with Crippen molar-refractivity contribution in [3.8, 4) is 0 Å². The van der Waals surface area contributed by atoms with Gasteiger partial charge in [-0.05, 0) is 62.8 Å². The number of nitrogens with one attached hydrogen (secondary N) is 2. The van der Waals surface area contributed by atoms with Crippen molar-refractivity contribution >= 4 is 29.2 Å². The SMILES string of the molecule is O=C(Nc1ccc(Cl)cc1)[C@@H]1CCCN1C(=NC1CCCCC1)NC1CCCCC1. The van der Waals surface area contributed by atoms with Crippen LogP contribution in [0, 0.1) is 0 Å². The first-order valence-corrected chi connectivity index (χ1v) is 12.2. The van der Waals surface area contributed by atoms with Gasteiger partial charge in [-0.25, -0.2) is 4.99 Å². The van der Waals surface area contributed by atoms with Crippen molar-refractivity contribution in [1.29, 1.82) is 0 Å². The maximum atomic E-state index is 13.1. The first-order chi connectivity index (χ1) is 14.7. The zero-order valence-corrected chi connectivity index (χ0v) is 18.7. The Morgan fingerprint density at radius 3 is 2.27 bits per heavy atom. The van der Waals surface area contributed by atoms with Gasteiger partial charge in [0.2, 0.25) is 5.91 Å². The molecule has 1 saturated heterocycles. The van der Waals surface area contributed by atoms with E-state index in [1.54, 1.807) is 0 Å². The second kappa shape index (κ2) is 10.5. The summed E-state index contributed by atoms with van der Waals surface area (Å²) in [5, 5.41) is 7.54. The molecule has 6 heteroatoms. The van der Waals surface area contributed by atoms with Gasteiger partial charge in [-0.2, -0.15) is 0 Å². The maximum Gasteiger partial charge on any atom is 0.247 e. The molecule has 0 aromatic heterocycles. The topological polar surface area (TPSA) is 56.7 Å². The van der Waals surface area contributed by atoms with Crippen LogP contribution >= 0.6 is 11.6 Å². The molecule has 3 fully saturated rings. The van der Waals surface area contributed by atoms with E-state index in [-0.39, 0.29) is 11.9 Å². The molecule has 1 heterocycles. The van der Waals surface area contributed by atoms with Gasteiger partial charge >= 0.3 is 0 Å². The van der Waals surface area contributed by atoms with E-state index >= 15 is 0 Å². The highest BCUT2D eigenvalue weighted by molar-refractivity contribution is 6.30. The maximum absolute atomic E-state index is 13.1. The number of hydrogen-bond donors (Lipinski definition) is 2. The number of nitrogens with zero attached hydrogens (tertiary/aromatic N) is 2. The molecule has 1 amide bonds. The molecule has 0 bridgehead atoms. The molecule has 5 nitrogen and oxygen atoms in total. The van der Waals surface area contributed by atoms with Crippen molar-refractivity contribution in [3.05, 3.63) is 29.3 Å². The Labute approximate surface area is 185 Å². The number of anilines is 1. The summed E-state index contributed by atoms with van der Waals surface area (Å²) in [6.45, 7) is 0.893. The zero-order chi connectivity index (χ0) is 20.8. The minimum Gasteiger partial charge on any atom is -0.353 e. The van der Waals surface area contributed by atoms with Crippen molar-refractivity contribution in [3.63, 3.8) is 0 Å². The first kappa shape index (κ1) is 21.5. The number of rotatable bonds is 4. The van der Waals surface area contributed by atoms with Gasteiger partial charge in [-0.1, -0.05) is 50.1 Å². The van der Waals surface area contributed by atoms with Gasteiger partial charge in [-0.15, -0.1) is 0 Å². The van der Waals surface area contributed by atoms with E-state index in [0.29, 0.717) is 17.1 Å². The highest BCUT2D eigenvalue weighted by Crippen LogP contribution is 2.25. The fraction of sp³-hybridized carbons (Fsp3) is 0.667. The van der Waals surface area contributed by atoms with Crippen molar-refractivity contribution < 1.29 is 4.79 Å². The molecule has 2 saturated carbocycles. The van der Waals surface area contributed by atoms with Crippen LogP contribution in [0.3, 0.4) is 0 Å². The van der Waals surface area contributed by atoms with Crippen LogP contribution in [0.2, 0.25) is 5.02 Å². The van der Waals surface area contributed by atoms with Crippen LogP contribution in [0.15, 0.2) is 29.3 Å². The summed E-state index contributed by atoms with van der Waals surface area (Å²) in [6, 6.07) is 8.05. The Morgan fingerprint density at radius 2 is 1.57 bits per heavy atom. The highest BCUT2D eigenvalue weighted by atomic mass is 35.5. The molecule has 3 aliphatic rings. The van der Waals surface area contributed by atoms with Gasteiger partial charge in [-0.3, -0.25) is 4.79 Å². The molecule has 1 aliphatic heterocycles. The average molecular weight is 431 g/mol. The lowest BCUT2D eigenvalue weighted by atomic mass is 9.95. The average Bonchev–Trinajstić information content (AvgIpc) is 3.26. The standard InChI is InChI=1S/C24H35ClN4O/c25-18-13-15-21(16-14-18)26-23(30)22-12-7-17-29(22)24(27-19-8-3-1-4-9-19)28-20-10-5-2-6-11-20/h13-16,19-20,22H,1-12,17H2,(H,26,30)(H,27,28)/t22-/m0/s1. The predicted molar refractivity (Wildman–Crippen MR) is 124 cm³/mol. The Morgan fingerprint density at radius 1 is 0.900 bits per heavy atom. The van der Waals surface area contributed by atoms with Crippen LogP contribution in [-0.4, -0.2) is 41.4 Å². The summed E-state index contributed by atoms with van der Waals surface area (Å²) in [6.07, 6.45) is 14.4. The molecule has 2 N–H and O–H groups in total. The minimum absolute atomic E-state index is 0.0524. The number of guanidine groups is 1. The second-order valence-electron chi connectivity index (χ2n) is 9.07. The van der Waals surface area contributed by atoms with Gasteiger partial charge in [0.1, 0.15) is 6.04 Å². The Kier molecular flexibility index (Phi) is 7.53. The van der Waals surface area contributed by atoms with Gasteiger partial charge in [0.25, 0.3) is 0 Å². The summed E-state index contributed by atoms with van der Waals surface area (Å²) in [4.78, 5) is 20.6. The Hall–Kier alpha value is -1.75. The van der Waals surface area contributed by atoms with E-state index in [2.05, 4.69) is 15.5 Å². The smallest absolute Gasteiger partial charge is 0.247 e. The quantitative estimate of drug-likeness (QED) is 0.499. The monoisotopic (exact) mass is 430 g/mol. The molecule has 2 aliphatic carbocycles. The number of likely N-dealkylation sites (tertiary alicyclic amines) is 1. The number of aliphatic imine (C=N–C) groups is 1. The van der Waals surface area contributed by atoms with Crippen molar-refractivity contribution in [2.24, 2.45) is 4.99 Å². The van der Waals surface area contributed by atoms with Crippen molar-refractivity contribution in [1.82, 2.24) is 10.2 Å². The van der Waals surface area contributed by atoms with Crippen molar-refractivity contribution in [2.75, 3.05) is 11.9 Å². The number of halogens is 1. The van der Waals surface area contributed by atoms with Gasteiger partial charge in [0.15, 0.2) is 5.96 Å². The number of amides is 1. The third kappa shape index (κ3) is 5.69. The summed E-state index contributed by atoms with van der Waals surface area (Å²) in [7, 11) is 0. The van der Waals surface area contributed by atoms with Crippen LogP contribution in [0.4, 0.5) is 5.69 Å². The molecule has 30 heavy (non-hydrogen) atoms. The summed E-state index contributed by atoms with van der Waals surface area (Å²) in [5.41, 5.74) is 0.794. The molecule has 164 valence electrons. The first-order valence-electron chi connectivity index (χ1n) is 11.9. The lowest BCUT2D eigenvalue weighted by Gasteiger charge is -2.33. The molecule has 1 aromatic rings. The molecule has 4 rings (SSSR count). The Bertz CT molecular complexity index is 723. The van der Waals surface area contributed by atoms with Crippen LogP contribution in [0.1, 0.15) is 77.0 Å². The van der Waals surface area contributed by atoms with E-state index in [9.17, 15) is 4.79 Å². The van der Waals surface area contributed by atoms with Gasteiger partial charge in [0, 0.05) is 23.3 Å². The van der Waals surface area contributed by atoms with Crippen LogP contribution in [-0.2, 0) is 4.79 Å². The molecule has 1 aromatic carbocycles. The van der Waals surface area contributed by atoms with E-state index in [1.807, 2.05) is 24.3 Å². The fourth-order valence-electron chi connectivity index (χ4n) is 5.06. The molecular weight excluding hydrogens is 396 g/mol. The third-order valence-electron chi connectivity index (χ3n) is 6.76. The fourth-order valence-corrected chi connectivity index (χ4v) is 5.18. The molecule has 0 spiro atoms. The molecule has 0 unspecified atom stereocenters. The molecule has 1 atom stereocenters. The van der Waals surface area contributed by atoms with Crippen LogP contribution < -0.4 is 10.6 Å². The summed E-state index contributed by atoms with van der Waals surface area (Å²) >= 11 is 5.98. The minimum atomic E-state index is -0.167. The van der Waals surface area contributed by atoms with E-state index in [0.717, 1.165) is 31.0 Å². The van der Waals surface area contributed by atoms with E-state index in [1.165, 1.54) is 64.2 Å². The van der Waals surface area contributed by atoms with Crippen LogP contribution in [0.25, 0.3) is 0 Å². The van der Waals surface area contributed by atoms with E-state index < -0.39 is 0 Å². The lowest BCUT2D eigenvalue weighted by molar-refractivity contribution is -0.119. The van der Waals surface area contributed by atoms with Gasteiger partial charge < -0.3 is 15.5 Å². The third-order valence-corrected chi connectivity index (χ3v) is 7.01. The summed E-state index contributed by atoms with van der Waals surface area (Å²) in [5.74, 6) is 1.03. The zero-order valence-electron chi connectivity index (χ0n) is 17.9. The number of benzene rings is 1. The molecule has 0 radical (unpaired) electrons. The predicted octanol–water partition coefficient (Wildman–Crippen LogP) is 5.35.